The first-order valence-corrected chi connectivity index (χ1v) is 6.70. The summed E-state index contributed by atoms with van der Waals surface area (Å²) in [7, 11) is 0. The lowest BCUT2D eigenvalue weighted by atomic mass is 10.2. The molecule has 0 saturated carbocycles. The van der Waals surface area contributed by atoms with Crippen molar-refractivity contribution in [2.45, 2.75) is 6.92 Å². The van der Waals surface area contributed by atoms with Crippen molar-refractivity contribution in [1.29, 1.82) is 0 Å². The Morgan fingerprint density at radius 3 is 2.65 bits per heavy atom. The van der Waals surface area contributed by atoms with E-state index in [4.69, 9.17) is 0 Å². The Kier molecular flexibility index (Phi) is 3.37. The second kappa shape index (κ2) is 5.32. The lowest BCUT2D eigenvalue weighted by Crippen LogP contribution is -2.49. The molecule has 1 saturated heterocycles. The monoisotopic (exact) mass is 271 g/mol. The maximum Gasteiger partial charge on any atom is 0.289 e. The first kappa shape index (κ1) is 12.7. The number of hydrogen-bond donors (Lipinski definition) is 1. The Labute approximate surface area is 117 Å². The lowest BCUT2D eigenvalue weighted by Gasteiger charge is -2.35. The summed E-state index contributed by atoms with van der Waals surface area (Å²) in [6.45, 7) is 4.93. The van der Waals surface area contributed by atoms with E-state index in [-0.39, 0.29) is 5.91 Å². The van der Waals surface area contributed by atoms with Crippen molar-refractivity contribution in [1.82, 2.24) is 19.9 Å². The van der Waals surface area contributed by atoms with Crippen molar-refractivity contribution in [2.24, 2.45) is 0 Å². The number of aryl methyl sites for hydroxylation is 1. The third-order valence-electron chi connectivity index (χ3n) is 3.48. The minimum atomic E-state index is -0.0241. The van der Waals surface area contributed by atoms with Gasteiger partial charge in [-0.1, -0.05) is 0 Å². The minimum Gasteiger partial charge on any atom is -0.367 e. The van der Waals surface area contributed by atoms with Crippen LogP contribution in [0.3, 0.4) is 0 Å². The van der Waals surface area contributed by atoms with E-state index in [1.54, 1.807) is 12.4 Å². The van der Waals surface area contributed by atoms with E-state index in [0.29, 0.717) is 18.9 Å². The summed E-state index contributed by atoms with van der Waals surface area (Å²) in [5.74, 6) is 0.404. The summed E-state index contributed by atoms with van der Waals surface area (Å²) in [6.07, 6.45) is 5.30. The van der Waals surface area contributed by atoms with Crippen LogP contribution in [0.1, 0.15) is 16.3 Å². The Balaban J connectivity index is 1.63. The fraction of sp³-hybridized carbons (Fsp3) is 0.357. The van der Waals surface area contributed by atoms with Gasteiger partial charge in [-0.15, -0.1) is 0 Å². The average Bonchev–Trinajstić information content (AvgIpc) is 2.94. The van der Waals surface area contributed by atoms with Gasteiger partial charge < -0.3 is 14.8 Å². The van der Waals surface area contributed by atoms with Gasteiger partial charge in [0.25, 0.3) is 5.91 Å². The van der Waals surface area contributed by atoms with Crippen molar-refractivity contribution >= 4 is 11.6 Å². The van der Waals surface area contributed by atoms with Crippen LogP contribution in [0.5, 0.6) is 0 Å². The predicted molar refractivity (Wildman–Crippen MR) is 75.7 cm³/mol. The molecule has 0 aliphatic carbocycles. The van der Waals surface area contributed by atoms with Crippen LogP contribution in [0, 0.1) is 6.92 Å². The molecular weight excluding hydrogens is 254 g/mol. The zero-order valence-electron chi connectivity index (χ0n) is 11.4. The van der Waals surface area contributed by atoms with Crippen LogP contribution in [0.15, 0.2) is 30.7 Å². The van der Waals surface area contributed by atoms with Crippen molar-refractivity contribution in [2.75, 3.05) is 31.1 Å². The number of carbonyl (C=O) groups is 1. The minimum absolute atomic E-state index is 0.0241. The van der Waals surface area contributed by atoms with E-state index < -0.39 is 0 Å². The largest absolute Gasteiger partial charge is 0.367 e. The number of nitrogens with zero attached hydrogens (tertiary/aromatic N) is 4. The van der Waals surface area contributed by atoms with Crippen LogP contribution in [-0.2, 0) is 0 Å². The van der Waals surface area contributed by atoms with Crippen molar-refractivity contribution in [3.63, 3.8) is 0 Å². The van der Waals surface area contributed by atoms with Gasteiger partial charge in [0.05, 0.1) is 11.9 Å². The summed E-state index contributed by atoms with van der Waals surface area (Å²) < 4.78 is 0. The smallest absolute Gasteiger partial charge is 0.289 e. The number of pyridine rings is 1. The highest BCUT2D eigenvalue weighted by molar-refractivity contribution is 5.90. The van der Waals surface area contributed by atoms with Gasteiger partial charge in [-0.05, 0) is 19.1 Å². The van der Waals surface area contributed by atoms with E-state index in [2.05, 4.69) is 19.9 Å². The number of aromatic amines is 1. The van der Waals surface area contributed by atoms with E-state index in [0.717, 1.165) is 24.5 Å². The third kappa shape index (κ3) is 2.49. The van der Waals surface area contributed by atoms with E-state index in [1.807, 2.05) is 30.2 Å². The standard InChI is InChI=1S/C14H17N5O/c1-11-9-16-13(17-11)14(20)19-7-5-18(6-8-19)12-3-2-4-15-10-12/h2-4,9-10H,5-8H2,1H3,(H,16,17). The highest BCUT2D eigenvalue weighted by Crippen LogP contribution is 2.15. The van der Waals surface area contributed by atoms with Gasteiger partial charge in [0.1, 0.15) is 0 Å². The van der Waals surface area contributed by atoms with Crippen LogP contribution in [-0.4, -0.2) is 51.9 Å². The molecule has 0 aromatic carbocycles. The number of H-pyrrole nitrogens is 1. The van der Waals surface area contributed by atoms with E-state index in [1.165, 1.54) is 0 Å². The molecule has 6 heteroatoms. The van der Waals surface area contributed by atoms with Gasteiger partial charge in [0, 0.05) is 44.3 Å². The number of amides is 1. The number of piperazine rings is 1. The van der Waals surface area contributed by atoms with Crippen molar-refractivity contribution in [3.8, 4) is 0 Å². The molecule has 1 fully saturated rings. The van der Waals surface area contributed by atoms with Crippen LogP contribution < -0.4 is 4.90 Å². The van der Waals surface area contributed by atoms with Gasteiger partial charge in [0.2, 0.25) is 0 Å². The number of carbonyl (C=O) groups excluding carboxylic acids is 1. The number of rotatable bonds is 2. The van der Waals surface area contributed by atoms with Gasteiger partial charge in [-0.3, -0.25) is 9.78 Å². The topological polar surface area (TPSA) is 65.1 Å². The fourth-order valence-electron chi connectivity index (χ4n) is 2.38. The molecule has 0 unspecified atom stereocenters. The number of hydrogen-bond acceptors (Lipinski definition) is 4. The molecule has 0 bridgehead atoms. The van der Waals surface area contributed by atoms with Crippen LogP contribution >= 0.6 is 0 Å². The van der Waals surface area contributed by atoms with Gasteiger partial charge in [0.15, 0.2) is 5.82 Å². The molecule has 0 radical (unpaired) electrons. The molecule has 0 spiro atoms. The SMILES string of the molecule is Cc1cnc(C(=O)N2CCN(c3cccnc3)CC2)[nH]1. The third-order valence-corrected chi connectivity index (χ3v) is 3.48. The molecular formula is C14H17N5O. The molecule has 0 atom stereocenters. The van der Waals surface area contributed by atoms with E-state index >= 15 is 0 Å². The average molecular weight is 271 g/mol. The summed E-state index contributed by atoms with van der Waals surface area (Å²) >= 11 is 0. The van der Waals surface area contributed by atoms with E-state index in [9.17, 15) is 4.79 Å². The second-order valence-electron chi connectivity index (χ2n) is 4.91. The molecule has 3 heterocycles. The quantitative estimate of drug-likeness (QED) is 0.887. The fourth-order valence-corrected chi connectivity index (χ4v) is 2.38. The Morgan fingerprint density at radius 2 is 2.05 bits per heavy atom. The van der Waals surface area contributed by atoms with Crippen LogP contribution in [0.4, 0.5) is 5.69 Å². The number of aromatic nitrogens is 3. The number of anilines is 1. The predicted octanol–water partition coefficient (Wildman–Crippen LogP) is 1.08. The molecule has 104 valence electrons. The second-order valence-corrected chi connectivity index (χ2v) is 4.91. The van der Waals surface area contributed by atoms with Gasteiger partial charge in [-0.25, -0.2) is 4.98 Å². The van der Waals surface area contributed by atoms with Crippen molar-refractivity contribution in [3.05, 3.63) is 42.2 Å². The Morgan fingerprint density at radius 1 is 1.25 bits per heavy atom. The van der Waals surface area contributed by atoms with Crippen LogP contribution in [0.2, 0.25) is 0 Å². The molecule has 2 aromatic rings. The first-order valence-electron chi connectivity index (χ1n) is 6.70. The van der Waals surface area contributed by atoms with Gasteiger partial charge in [-0.2, -0.15) is 0 Å². The summed E-state index contributed by atoms with van der Waals surface area (Å²) in [6, 6.07) is 3.97. The molecule has 20 heavy (non-hydrogen) atoms. The summed E-state index contributed by atoms with van der Waals surface area (Å²) in [4.78, 5) is 27.6. The normalized spacial score (nSPS) is 15.4. The van der Waals surface area contributed by atoms with Crippen molar-refractivity contribution < 1.29 is 4.79 Å². The molecule has 1 aliphatic heterocycles. The Hall–Kier alpha value is -2.37. The lowest BCUT2D eigenvalue weighted by molar-refractivity contribution is 0.0735. The summed E-state index contributed by atoms with van der Waals surface area (Å²) in [5.41, 5.74) is 2.01. The molecule has 3 rings (SSSR count). The first-order chi connectivity index (χ1) is 9.74. The number of nitrogens with one attached hydrogen (secondary N) is 1. The maximum atomic E-state index is 12.3. The zero-order valence-corrected chi connectivity index (χ0v) is 11.4. The summed E-state index contributed by atoms with van der Waals surface area (Å²) in [5, 5.41) is 0. The molecule has 1 aliphatic rings. The molecule has 6 nitrogen and oxygen atoms in total. The maximum absolute atomic E-state index is 12.3. The molecule has 1 amide bonds. The number of imidazole rings is 1. The molecule has 1 N–H and O–H groups in total. The highest BCUT2D eigenvalue weighted by Gasteiger charge is 2.23. The molecule has 2 aromatic heterocycles. The highest BCUT2D eigenvalue weighted by atomic mass is 16.2. The van der Waals surface area contributed by atoms with Crippen LogP contribution in [0.25, 0.3) is 0 Å². The Bertz CT molecular complexity index is 587. The van der Waals surface area contributed by atoms with Gasteiger partial charge >= 0.3 is 0 Å². The zero-order chi connectivity index (χ0) is 13.9.